The molecule has 192 valence electrons. The van der Waals surface area contributed by atoms with Gasteiger partial charge >= 0.3 is 0 Å². The van der Waals surface area contributed by atoms with Crippen LogP contribution in [-0.4, -0.2) is 51.9 Å². The number of ether oxygens (including phenoxy) is 1. The van der Waals surface area contributed by atoms with Crippen LogP contribution in [-0.2, 0) is 0 Å². The van der Waals surface area contributed by atoms with Gasteiger partial charge in [0.15, 0.2) is 23.0 Å². The van der Waals surface area contributed by atoms with Crippen molar-refractivity contribution < 1.29 is 18.3 Å². The van der Waals surface area contributed by atoms with Crippen LogP contribution in [0, 0.1) is 17.6 Å². The molecule has 0 unspecified atom stereocenters. The van der Waals surface area contributed by atoms with Crippen LogP contribution in [0.3, 0.4) is 0 Å². The summed E-state index contributed by atoms with van der Waals surface area (Å²) in [5, 5.41) is 3.46. The van der Waals surface area contributed by atoms with E-state index in [0.29, 0.717) is 59.0 Å². The van der Waals surface area contributed by atoms with Crippen LogP contribution >= 0.6 is 11.6 Å². The number of piperidine rings is 1. The number of benzene rings is 2. The normalized spacial score (nSPS) is 14.2. The molecule has 8 nitrogen and oxygen atoms in total. The van der Waals surface area contributed by atoms with Crippen molar-refractivity contribution in [2.24, 2.45) is 11.7 Å². The molecule has 0 aliphatic carbocycles. The molecule has 4 aromatic rings. The molecule has 0 bridgehead atoms. The van der Waals surface area contributed by atoms with Gasteiger partial charge in [-0.3, -0.25) is 9.20 Å². The number of nitrogens with two attached hydrogens (primary N) is 1. The van der Waals surface area contributed by atoms with Crippen LogP contribution in [0.15, 0.2) is 48.9 Å². The van der Waals surface area contributed by atoms with E-state index in [1.165, 1.54) is 31.6 Å². The van der Waals surface area contributed by atoms with E-state index in [1.54, 1.807) is 33.7 Å². The molecule has 0 radical (unpaired) electrons. The van der Waals surface area contributed by atoms with Crippen molar-refractivity contribution in [3.63, 3.8) is 0 Å². The first-order valence-corrected chi connectivity index (χ1v) is 12.2. The molecular formula is C26H25ClF2N6O2. The molecule has 1 saturated heterocycles. The predicted molar refractivity (Wildman–Crippen MR) is 137 cm³/mol. The van der Waals surface area contributed by atoms with Gasteiger partial charge in [0, 0.05) is 36.7 Å². The number of carbonyl (C=O) groups excluding carboxylic acids is 1. The quantitative estimate of drug-likeness (QED) is 0.371. The van der Waals surface area contributed by atoms with Crippen LogP contribution < -0.4 is 15.8 Å². The first kappa shape index (κ1) is 24.9. The van der Waals surface area contributed by atoms with Crippen molar-refractivity contribution in [1.29, 1.82) is 0 Å². The van der Waals surface area contributed by atoms with E-state index in [0.717, 1.165) is 12.8 Å². The first-order valence-electron chi connectivity index (χ1n) is 11.8. The second-order valence-corrected chi connectivity index (χ2v) is 9.25. The number of imidazole rings is 1. The van der Waals surface area contributed by atoms with Crippen LogP contribution in [0.25, 0.3) is 16.9 Å². The number of likely N-dealkylation sites (tertiary alicyclic amines) is 1. The third-order valence-corrected chi connectivity index (χ3v) is 6.98. The largest absolute Gasteiger partial charge is 0.494 e. The van der Waals surface area contributed by atoms with Crippen LogP contribution in [0.1, 0.15) is 23.2 Å². The standard InChI is InChI=1S/C26H25ClF2N6O2/c1-37-21-5-4-18(22(28)23(21)29)20-14-32-25-24(31-8-11-35(20)25)33-16-2-3-17(19(27)12-16)26(36)34-9-6-15(13-30)7-10-34/h2-5,8,11-12,14-15H,6-7,9-10,13,30H2,1H3,(H,31,33). The molecule has 3 heterocycles. The molecule has 5 rings (SSSR count). The fourth-order valence-corrected chi connectivity index (χ4v) is 4.80. The Morgan fingerprint density at radius 3 is 2.68 bits per heavy atom. The lowest BCUT2D eigenvalue weighted by Crippen LogP contribution is -2.40. The number of carbonyl (C=O) groups is 1. The van der Waals surface area contributed by atoms with Crippen molar-refractivity contribution in [2.45, 2.75) is 12.8 Å². The van der Waals surface area contributed by atoms with Crippen LogP contribution in [0.4, 0.5) is 20.3 Å². The number of methoxy groups -OCH3 is 1. The Kier molecular flexibility index (Phi) is 6.94. The van der Waals surface area contributed by atoms with Crippen molar-refractivity contribution in [1.82, 2.24) is 19.3 Å². The molecule has 0 atom stereocenters. The fourth-order valence-electron chi connectivity index (χ4n) is 4.54. The Hall–Kier alpha value is -3.76. The van der Waals surface area contributed by atoms with Gasteiger partial charge in [0.05, 0.1) is 29.6 Å². The van der Waals surface area contributed by atoms with Crippen molar-refractivity contribution >= 4 is 34.7 Å². The number of hydrogen-bond acceptors (Lipinski definition) is 6. The Morgan fingerprint density at radius 2 is 1.97 bits per heavy atom. The van der Waals surface area contributed by atoms with Crippen molar-refractivity contribution in [3.8, 4) is 17.0 Å². The maximum Gasteiger partial charge on any atom is 0.255 e. The summed E-state index contributed by atoms with van der Waals surface area (Å²) >= 11 is 6.49. The van der Waals surface area contributed by atoms with Gasteiger partial charge in [-0.05, 0) is 55.6 Å². The monoisotopic (exact) mass is 526 g/mol. The minimum absolute atomic E-state index is 0.0318. The zero-order chi connectivity index (χ0) is 26.1. The van der Waals surface area contributed by atoms with Gasteiger partial charge in [0.1, 0.15) is 0 Å². The van der Waals surface area contributed by atoms with Gasteiger partial charge in [-0.2, -0.15) is 4.39 Å². The van der Waals surface area contributed by atoms with Crippen LogP contribution in [0.5, 0.6) is 5.75 Å². The highest BCUT2D eigenvalue weighted by molar-refractivity contribution is 6.34. The number of halogens is 3. The zero-order valence-electron chi connectivity index (χ0n) is 20.0. The topological polar surface area (TPSA) is 97.8 Å². The van der Waals surface area contributed by atoms with E-state index >= 15 is 0 Å². The number of anilines is 2. The third-order valence-electron chi connectivity index (χ3n) is 6.67. The average molecular weight is 527 g/mol. The number of hydrogen-bond donors (Lipinski definition) is 2. The summed E-state index contributed by atoms with van der Waals surface area (Å²) in [4.78, 5) is 23.5. The number of amides is 1. The molecule has 1 aliphatic rings. The van der Waals surface area contributed by atoms with Gasteiger partial charge in [0.25, 0.3) is 5.91 Å². The molecule has 1 aliphatic heterocycles. The van der Waals surface area contributed by atoms with E-state index in [1.807, 2.05) is 0 Å². The highest BCUT2D eigenvalue weighted by Crippen LogP contribution is 2.32. The van der Waals surface area contributed by atoms with Gasteiger partial charge in [-0.25, -0.2) is 14.4 Å². The number of fused-ring (bicyclic) bond motifs is 1. The molecule has 0 spiro atoms. The molecule has 37 heavy (non-hydrogen) atoms. The van der Waals surface area contributed by atoms with Gasteiger partial charge in [-0.15, -0.1) is 0 Å². The fraction of sp³-hybridized carbons (Fsp3) is 0.269. The SMILES string of the molecule is COc1ccc(-c2cnc3c(Nc4ccc(C(=O)N5CCC(CN)CC5)c(Cl)c4)nccn23)c(F)c1F. The Morgan fingerprint density at radius 1 is 1.19 bits per heavy atom. The third kappa shape index (κ3) is 4.70. The summed E-state index contributed by atoms with van der Waals surface area (Å²) in [6, 6.07) is 7.85. The molecule has 1 fully saturated rings. The van der Waals surface area contributed by atoms with Crippen LogP contribution in [0.2, 0.25) is 5.02 Å². The summed E-state index contributed by atoms with van der Waals surface area (Å²) < 4.78 is 35.5. The Bertz CT molecular complexity index is 1470. The van der Waals surface area contributed by atoms with Gasteiger partial charge in [-0.1, -0.05) is 11.6 Å². The average Bonchev–Trinajstić information content (AvgIpc) is 3.35. The van der Waals surface area contributed by atoms with Crippen molar-refractivity contribution in [3.05, 3.63) is 71.1 Å². The maximum absolute atomic E-state index is 14.7. The van der Waals surface area contributed by atoms with E-state index in [9.17, 15) is 13.6 Å². The number of nitrogens with one attached hydrogen (secondary N) is 1. The highest BCUT2D eigenvalue weighted by atomic mass is 35.5. The highest BCUT2D eigenvalue weighted by Gasteiger charge is 2.24. The summed E-state index contributed by atoms with van der Waals surface area (Å²) in [7, 11) is 1.27. The molecule has 0 saturated carbocycles. The van der Waals surface area contributed by atoms with E-state index < -0.39 is 11.6 Å². The van der Waals surface area contributed by atoms with E-state index in [-0.39, 0.29) is 17.2 Å². The number of rotatable bonds is 6. The molecule has 1 amide bonds. The summed E-state index contributed by atoms with van der Waals surface area (Å²) in [5.41, 5.74) is 7.54. The molecular weight excluding hydrogens is 502 g/mol. The predicted octanol–water partition coefficient (Wildman–Crippen LogP) is 4.89. The van der Waals surface area contributed by atoms with E-state index in [4.69, 9.17) is 22.1 Å². The summed E-state index contributed by atoms with van der Waals surface area (Å²) in [6.07, 6.45) is 6.33. The second-order valence-electron chi connectivity index (χ2n) is 8.85. The Labute approximate surface area is 217 Å². The molecule has 3 N–H and O–H groups in total. The minimum atomic E-state index is -1.07. The number of nitrogens with zero attached hydrogens (tertiary/aromatic N) is 4. The maximum atomic E-state index is 14.7. The lowest BCUT2D eigenvalue weighted by Gasteiger charge is -2.31. The molecule has 2 aromatic heterocycles. The lowest BCUT2D eigenvalue weighted by molar-refractivity contribution is 0.0693. The second kappa shape index (κ2) is 10.3. The minimum Gasteiger partial charge on any atom is -0.494 e. The smallest absolute Gasteiger partial charge is 0.255 e. The van der Waals surface area contributed by atoms with Crippen molar-refractivity contribution in [2.75, 3.05) is 32.1 Å². The lowest BCUT2D eigenvalue weighted by atomic mass is 9.96. The molecule has 11 heteroatoms. The first-order chi connectivity index (χ1) is 17.9. The zero-order valence-corrected chi connectivity index (χ0v) is 20.8. The van der Waals surface area contributed by atoms with Gasteiger partial charge < -0.3 is 20.7 Å². The summed E-state index contributed by atoms with van der Waals surface area (Å²) in [5.74, 6) is -1.58. The summed E-state index contributed by atoms with van der Waals surface area (Å²) in [6.45, 7) is 1.95. The molecule has 2 aromatic carbocycles. The number of aromatic nitrogens is 3. The van der Waals surface area contributed by atoms with E-state index in [2.05, 4.69) is 15.3 Å². The van der Waals surface area contributed by atoms with Gasteiger partial charge in [0.2, 0.25) is 5.82 Å². The Balaban J connectivity index is 1.39.